The zero-order valence-corrected chi connectivity index (χ0v) is 22.6. The number of amides is 1. The number of piperazine rings is 1. The van der Waals surface area contributed by atoms with Crippen molar-refractivity contribution in [3.8, 4) is 11.1 Å². The van der Waals surface area contributed by atoms with E-state index >= 15 is 0 Å². The predicted molar refractivity (Wildman–Crippen MR) is 156 cm³/mol. The van der Waals surface area contributed by atoms with Crippen molar-refractivity contribution in [2.24, 2.45) is 0 Å². The first-order valence-corrected chi connectivity index (χ1v) is 13.9. The Bertz CT molecular complexity index is 1710. The smallest absolute Gasteiger partial charge is 0.262 e. The highest BCUT2D eigenvalue weighted by Gasteiger charge is 2.28. The molecule has 202 valence electrons. The van der Waals surface area contributed by atoms with E-state index < -0.39 is 23.3 Å². The van der Waals surface area contributed by atoms with Gasteiger partial charge in [-0.2, -0.15) is 0 Å². The van der Waals surface area contributed by atoms with E-state index in [1.165, 1.54) is 46.1 Å². The molecule has 3 heterocycles. The number of nitrogens with zero attached hydrogens (tertiary/aromatic N) is 5. The molecule has 5 aromatic rings. The van der Waals surface area contributed by atoms with Gasteiger partial charge >= 0.3 is 0 Å². The summed E-state index contributed by atoms with van der Waals surface area (Å²) in [5, 5.41) is 5.12. The van der Waals surface area contributed by atoms with Crippen molar-refractivity contribution < 1.29 is 9.18 Å². The summed E-state index contributed by atoms with van der Waals surface area (Å²) in [6.07, 6.45) is 2.86. The first-order chi connectivity index (χ1) is 19.5. The van der Waals surface area contributed by atoms with Crippen molar-refractivity contribution in [1.29, 1.82) is 0 Å². The van der Waals surface area contributed by atoms with Gasteiger partial charge in [-0.1, -0.05) is 36.4 Å². The van der Waals surface area contributed by atoms with E-state index in [0.29, 0.717) is 16.0 Å². The number of anilines is 2. The van der Waals surface area contributed by atoms with Gasteiger partial charge in [0.2, 0.25) is 0 Å². The lowest BCUT2D eigenvalue weighted by atomic mass is 10.0. The molecule has 3 aromatic carbocycles. The summed E-state index contributed by atoms with van der Waals surface area (Å²) < 4.78 is 16.1. The number of hydrogen-bond acceptors (Lipinski definition) is 7. The maximum absolute atomic E-state index is 14.9. The van der Waals surface area contributed by atoms with Crippen LogP contribution in [0.3, 0.4) is 0 Å². The van der Waals surface area contributed by atoms with Crippen LogP contribution < -0.4 is 15.8 Å². The number of nitrogens with one attached hydrogen (secondary N) is 1. The minimum Gasteiger partial charge on any atom is -0.369 e. The quantitative estimate of drug-likeness (QED) is 0.329. The van der Waals surface area contributed by atoms with E-state index in [9.17, 15) is 14.0 Å². The molecule has 1 N–H and O–H groups in total. The Balaban J connectivity index is 1.37. The van der Waals surface area contributed by atoms with Crippen molar-refractivity contribution in [1.82, 2.24) is 19.4 Å². The number of carbonyl (C=O) groups excluding carboxylic acids is 1. The molecule has 0 spiro atoms. The van der Waals surface area contributed by atoms with Gasteiger partial charge in [0.15, 0.2) is 5.13 Å². The van der Waals surface area contributed by atoms with Gasteiger partial charge in [-0.25, -0.2) is 14.4 Å². The van der Waals surface area contributed by atoms with Gasteiger partial charge < -0.3 is 9.80 Å². The molecule has 8 nitrogen and oxygen atoms in total. The van der Waals surface area contributed by atoms with Crippen molar-refractivity contribution in [2.45, 2.75) is 6.04 Å². The van der Waals surface area contributed by atoms with Crippen LogP contribution in [0.5, 0.6) is 0 Å². The largest absolute Gasteiger partial charge is 0.369 e. The van der Waals surface area contributed by atoms with Crippen LogP contribution in [-0.2, 0) is 4.79 Å². The van der Waals surface area contributed by atoms with Crippen LogP contribution in [0, 0.1) is 5.82 Å². The number of halogens is 1. The molecular weight excluding hydrogens is 527 g/mol. The van der Waals surface area contributed by atoms with Crippen LogP contribution in [0.2, 0.25) is 0 Å². The van der Waals surface area contributed by atoms with E-state index in [-0.39, 0.29) is 5.56 Å². The summed E-state index contributed by atoms with van der Waals surface area (Å²) in [6.45, 7) is 4.02. The summed E-state index contributed by atoms with van der Waals surface area (Å²) in [4.78, 5) is 40.5. The van der Waals surface area contributed by atoms with Crippen LogP contribution in [0.25, 0.3) is 22.0 Å². The number of aromatic nitrogens is 3. The summed E-state index contributed by atoms with van der Waals surface area (Å²) in [5.74, 6) is -1.18. The number of hydrogen-bond donors (Lipinski definition) is 1. The van der Waals surface area contributed by atoms with Gasteiger partial charge in [-0.3, -0.25) is 19.5 Å². The maximum Gasteiger partial charge on any atom is 0.262 e. The summed E-state index contributed by atoms with van der Waals surface area (Å²) in [6, 6.07) is 18.4. The molecule has 2 aromatic heterocycles. The predicted octanol–water partition coefficient (Wildman–Crippen LogP) is 4.64. The SMILES string of the molecule is CN1CCN(c2ccc(-c3ccc4ncn(C(C(=O)Nc5nccs5)c5ccccc5F)c(=O)c4c3)cc2)CC1. The van der Waals surface area contributed by atoms with E-state index in [0.717, 1.165) is 37.3 Å². The number of rotatable bonds is 6. The second kappa shape index (κ2) is 11.0. The molecule has 1 amide bonds. The number of fused-ring (bicyclic) bond motifs is 1. The molecule has 1 aliphatic rings. The zero-order chi connectivity index (χ0) is 27.6. The number of benzene rings is 3. The van der Waals surface area contributed by atoms with Crippen LogP contribution in [0.4, 0.5) is 15.2 Å². The van der Waals surface area contributed by atoms with Gasteiger partial charge in [0.05, 0.1) is 17.2 Å². The first kappa shape index (κ1) is 25.8. The van der Waals surface area contributed by atoms with Crippen molar-refractivity contribution in [3.63, 3.8) is 0 Å². The fraction of sp³-hybridized carbons (Fsp3) is 0.200. The lowest BCUT2D eigenvalue weighted by molar-refractivity contribution is -0.118. The summed E-state index contributed by atoms with van der Waals surface area (Å²) in [5.41, 5.74) is 3.09. The van der Waals surface area contributed by atoms with Crippen LogP contribution in [0.1, 0.15) is 11.6 Å². The average Bonchev–Trinajstić information content (AvgIpc) is 3.49. The van der Waals surface area contributed by atoms with Gasteiger partial charge in [-0.15, -0.1) is 11.3 Å². The fourth-order valence-corrected chi connectivity index (χ4v) is 5.53. The molecule has 0 radical (unpaired) electrons. The van der Waals surface area contributed by atoms with Crippen molar-refractivity contribution >= 4 is 39.0 Å². The Morgan fingerprint density at radius 1 is 0.975 bits per heavy atom. The first-order valence-electron chi connectivity index (χ1n) is 13.0. The van der Waals surface area contributed by atoms with E-state index in [2.05, 4.69) is 44.3 Å². The van der Waals surface area contributed by atoms with E-state index in [1.54, 1.807) is 29.8 Å². The van der Waals surface area contributed by atoms with Gasteiger partial charge in [0.25, 0.3) is 11.5 Å². The topological polar surface area (TPSA) is 83.4 Å². The molecule has 0 bridgehead atoms. The highest BCUT2D eigenvalue weighted by Crippen LogP contribution is 2.27. The van der Waals surface area contributed by atoms with E-state index in [4.69, 9.17) is 0 Å². The van der Waals surface area contributed by atoms with Crippen molar-refractivity contribution in [3.05, 3.63) is 106 Å². The van der Waals surface area contributed by atoms with Crippen LogP contribution >= 0.6 is 11.3 Å². The minimum atomic E-state index is -1.28. The van der Waals surface area contributed by atoms with E-state index in [1.807, 2.05) is 18.2 Å². The third kappa shape index (κ3) is 5.11. The lowest BCUT2D eigenvalue weighted by Crippen LogP contribution is -2.44. The third-order valence-electron chi connectivity index (χ3n) is 7.24. The van der Waals surface area contributed by atoms with Crippen molar-refractivity contribution in [2.75, 3.05) is 43.4 Å². The highest BCUT2D eigenvalue weighted by molar-refractivity contribution is 7.13. The molecule has 0 saturated carbocycles. The number of carbonyl (C=O) groups is 1. The normalized spacial score (nSPS) is 14.8. The monoisotopic (exact) mass is 554 g/mol. The number of thiazole rings is 1. The Morgan fingerprint density at radius 2 is 1.73 bits per heavy atom. The second-order valence-electron chi connectivity index (χ2n) is 9.78. The van der Waals surface area contributed by atoms with Crippen LogP contribution in [-0.4, -0.2) is 58.6 Å². The molecule has 6 rings (SSSR count). The molecular formula is C30H27FN6O2S. The van der Waals surface area contributed by atoms with Gasteiger partial charge in [0.1, 0.15) is 11.9 Å². The second-order valence-corrected chi connectivity index (χ2v) is 10.7. The molecule has 1 atom stereocenters. The standard InChI is InChI=1S/C30H27FN6O2S/c1-35-13-15-36(16-14-35)22-9-6-20(7-10-22)21-8-11-26-24(18-21)29(39)37(19-33-26)27(23-4-2-3-5-25(23)31)28(38)34-30-32-12-17-40-30/h2-12,17-19,27H,13-16H2,1H3,(H,32,34,38). The molecule has 10 heteroatoms. The van der Waals surface area contributed by atoms with Gasteiger partial charge in [-0.05, 0) is 48.5 Å². The Kier molecular flexibility index (Phi) is 7.10. The highest BCUT2D eigenvalue weighted by atomic mass is 32.1. The third-order valence-corrected chi connectivity index (χ3v) is 7.93. The van der Waals surface area contributed by atoms with Gasteiger partial charge in [0, 0.05) is 49.0 Å². The van der Waals surface area contributed by atoms with Crippen LogP contribution in [0.15, 0.2) is 89.4 Å². The Hall–Kier alpha value is -4.41. The molecule has 1 fully saturated rings. The average molecular weight is 555 g/mol. The molecule has 1 saturated heterocycles. The summed E-state index contributed by atoms with van der Waals surface area (Å²) in [7, 11) is 2.13. The molecule has 1 unspecified atom stereocenters. The lowest BCUT2D eigenvalue weighted by Gasteiger charge is -2.34. The Morgan fingerprint density at radius 3 is 2.45 bits per heavy atom. The number of likely N-dealkylation sites (N-methyl/N-ethyl adjacent to an activating group) is 1. The fourth-order valence-electron chi connectivity index (χ4n) is 5.00. The molecule has 40 heavy (non-hydrogen) atoms. The minimum absolute atomic E-state index is 0.0652. The Labute approximate surface area is 234 Å². The molecule has 1 aliphatic heterocycles. The maximum atomic E-state index is 14.9. The zero-order valence-electron chi connectivity index (χ0n) is 21.8. The summed E-state index contributed by atoms with van der Waals surface area (Å²) >= 11 is 1.23. The molecule has 0 aliphatic carbocycles.